The Morgan fingerprint density at radius 2 is 1.82 bits per heavy atom. The number of carbonyl (C=O) groups is 1. The summed E-state index contributed by atoms with van der Waals surface area (Å²) in [6, 6.07) is 10.5. The Balaban J connectivity index is 1.49. The van der Waals surface area contributed by atoms with Gasteiger partial charge in [0.2, 0.25) is 10.0 Å². The second-order valence-electron chi connectivity index (χ2n) is 8.26. The van der Waals surface area contributed by atoms with Crippen molar-refractivity contribution in [3.05, 3.63) is 47.0 Å². The zero-order valence-electron chi connectivity index (χ0n) is 18.4. The SMILES string of the molecule is Cc1nc2ccc(NC(=O)c3cc(S(=O)(=O)N4CCOCC4)ccc3N3CCCC3)cc2s1. The van der Waals surface area contributed by atoms with E-state index in [-0.39, 0.29) is 10.8 Å². The van der Waals surface area contributed by atoms with Crippen molar-refractivity contribution in [2.24, 2.45) is 0 Å². The van der Waals surface area contributed by atoms with E-state index in [2.05, 4.69) is 15.2 Å². The summed E-state index contributed by atoms with van der Waals surface area (Å²) in [5.41, 5.74) is 2.68. The van der Waals surface area contributed by atoms with Gasteiger partial charge in [-0.05, 0) is 56.2 Å². The van der Waals surface area contributed by atoms with Gasteiger partial charge >= 0.3 is 0 Å². The minimum Gasteiger partial charge on any atom is -0.379 e. The third kappa shape index (κ3) is 4.48. The highest BCUT2D eigenvalue weighted by molar-refractivity contribution is 7.89. The fourth-order valence-electron chi connectivity index (χ4n) is 4.34. The standard InChI is InChI=1S/C23H26N4O4S2/c1-16-24-20-6-4-17(14-22(20)32-16)25-23(28)19-15-18(5-7-21(19)26-8-2-3-9-26)33(29,30)27-10-12-31-13-11-27/h4-7,14-15H,2-3,8-13H2,1H3,(H,25,28). The molecule has 1 amide bonds. The normalized spacial score (nSPS) is 17.5. The van der Waals surface area contributed by atoms with Crippen molar-refractivity contribution < 1.29 is 17.9 Å². The monoisotopic (exact) mass is 486 g/mol. The van der Waals surface area contributed by atoms with Crippen molar-refractivity contribution in [1.29, 1.82) is 0 Å². The lowest BCUT2D eigenvalue weighted by atomic mass is 10.1. The molecule has 0 saturated carbocycles. The summed E-state index contributed by atoms with van der Waals surface area (Å²) in [6.07, 6.45) is 2.10. The first-order chi connectivity index (χ1) is 15.9. The van der Waals surface area contributed by atoms with E-state index in [1.165, 1.54) is 10.4 Å². The van der Waals surface area contributed by atoms with Crippen LogP contribution in [0.4, 0.5) is 11.4 Å². The Morgan fingerprint density at radius 3 is 2.58 bits per heavy atom. The molecule has 0 unspecified atom stereocenters. The number of hydrogen-bond donors (Lipinski definition) is 1. The maximum absolute atomic E-state index is 13.4. The molecule has 0 spiro atoms. The van der Waals surface area contributed by atoms with Crippen molar-refractivity contribution in [1.82, 2.24) is 9.29 Å². The van der Waals surface area contributed by atoms with Crippen LogP contribution in [0, 0.1) is 6.92 Å². The van der Waals surface area contributed by atoms with Crippen LogP contribution in [0.1, 0.15) is 28.2 Å². The number of rotatable bonds is 5. The molecule has 0 bridgehead atoms. The first-order valence-corrected chi connectivity index (χ1v) is 13.3. The van der Waals surface area contributed by atoms with Gasteiger partial charge in [-0.25, -0.2) is 13.4 Å². The number of carbonyl (C=O) groups excluding carboxylic acids is 1. The maximum atomic E-state index is 13.4. The minimum atomic E-state index is -3.71. The van der Waals surface area contributed by atoms with Crippen LogP contribution < -0.4 is 10.2 Å². The molecule has 0 radical (unpaired) electrons. The number of morpholine rings is 1. The van der Waals surface area contributed by atoms with Gasteiger partial charge in [-0.2, -0.15) is 4.31 Å². The number of fused-ring (bicyclic) bond motifs is 1. The molecule has 2 aromatic carbocycles. The topological polar surface area (TPSA) is 91.8 Å². The van der Waals surface area contributed by atoms with Gasteiger partial charge < -0.3 is 15.0 Å². The quantitative estimate of drug-likeness (QED) is 0.594. The molecular formula is C23H26N4O4S2. The van der Waals surface area contributed by atoms with Crippen molar-refractivity contribution >= 4 is 48.9 Å². The van der Waals surface area contributed by atoms with Crippen molar-refractivity contribution in [3.63, 3.8) is 0 Å². The van der Waals surface area contributed by atoms with E-state index in [1.807, 2.05) is 25.1 Å². The molecule has 10 heteroatoms. The molecule has 3 aromatic rings. The molecule has 5 rings (SSSR count). The average Bonchev–Trinajstić information content (AvgIpc) is 3.48. The molecule has 174 valence electrons. The zero-order chi connectivity index (χ0) is 23.0. The summed E-state index contributed by atoms with van der Waals surface area (Å²) in [6.45, 7) is 5.02. The Bertz CT molecular complexity index is 1290. The van der Waals surface area contributed by atoms with Gasteiger partial charge in [-0.3, -0.25) is 4.79 Å². The largest absolute Gasteiger partial charge is 0.379 e. The smallest absolute Gasteiger partial charge is 0.257 e. The highest BCUT2D eigenvalue weighted by Crippen LogP contribution is 2.30. The highest BCUT2D eigenvalue weighted by atomic mass is 32.2. The number of amides is 1. The number of aromatic nitrogens is 1. The number of benzene rings is 2. The van der Waals surface area contributed by atoms with Gasteiger partial charge in [0.1, 0.15) is 0 Å². The van der Waals surface area contributed by atoms with Gasteiger partial charge in [0.05, 0.1) is 38.9 Å². The molecule has 1 aromatic heterocycles. The molecule has 0 aliphatic carbocycles. The molecule has 2 aliphatic rings. The fraction of sp³-hybridized carbons (Fsp3) is 0.391. The van der Waals surface area contributed by atoms with Crippen molar-refractivity contribution in [2.45, 2.75) is 24.7 Å². The van der Waals surface area contributed by atoms with Crippen LogP contribution in [0.3, 0.4) is 0 Å². The lowest BCUT2D eigenvalue weighted by molar-refractivity contribution is 0.0730. The van der Waals surface area contributed by atoms with Crippen LogP contribution in [-0.2, 0) is 14.8 Å². The summed E-state index contributed by atoms with van der Waals surface area (Å²) < 4.78 is 34.2. The predicted octanol–water partition coefficient (Wildman–Crippen LogP) is 3.48. The van der Waals surface area contributed by atoms with Crippen LogP contribution in [0.15, 0.2) is 41.3 Å². The molecular weight excluding hydrogens is 460 g/mol. The van der Waals surface area contributed by atoms with Crippen LogP contribution in [0.2, 0.25) is 0 Å². The summed E-state index contributed by atoms with van der Waals surface area (Å²) in [5.74, 6) is -0.323. The number of aryl methyl sites for hydroxylation is 1. The second kappa shape index (κ2) is 9.02. The Kier molecular flexibility index (Phi) is 6.09. The predicted molar refractivity (Wildman–Crippen MR) is 130 cm³/mol. The molecule has 3 heterocycles. The number of sulfonamides is 1. The summed E-state index contributed by atoms with van der Waals surface area (Å²) in [7, 11) is -3.71. The zero-order valence-corrected chi connectivity index (χ0v) is 20.0. The van der Waals surface area contributed by atoms with E-state index in [0.29, 0.717) is 37.6 Å². The summed E-state index contributed by atoms with van der Waals surface area (Å²) in [4.78, 5) is 20.1. The van der Waals surface area contributed by atoms with Crippen LogP contribution in [-0.4, -0.2) is 63.0 Å². The number of hydrogen-bond acceptors (Lipinski definition) is 7. The number of nitrogens with one attached hydrogen (secondary N) is 1. The van der Waals surface area contributed by atoms with Gasteiger partial charge in [0, 0.05) is 37.6 Å². The van der Waals surface area contributed by atoms with E-state index in [9.17, 15) is 13.2 Å². The summed E-state index contributed by atoms with van der Waals surface area (Å²) >= 11 is 1.57. The summed E-state index contributed by atoms with van der Waals surface area (Å²) in [5, 5.41) is 3.93. The lowest BCUT2D eigenvalue weighted by Gasteiger charge is -2.27. The second-order valence-corrected chi connectivity index (χ2v) is 11.4. The molecule has 8 nitrogen and oxygen atoms in total. The van der Waals surface area contributed by atoms with Crippen LogP contribution in [0.5, 0.6) is 0 Å². The fourth-order valence-corrected chi connectivity index (χ4v) is 6.64. The first kappa shape index (κ1) is 22.3. The average molecular weight is 487 g/mol. The number of anilines is 2. The maximum Gasteiger partial charge on any atom is 0.257 e. The van der Waals surface area contributed by atoms with E-state index in [1.54, 1.807) is 23.5 Å². The molecule has 33 heavy (non-hydrogen) atoms. The van der Waals surface area contributed by atoms with E-state index in [0.717, 1.165) is 46.8 Å². The molecule has 2 saturated heterocycles. The van der Waals surface area contributed by atoms with Gasteiger partial charge in [0.25, 0.3) is 5.91 Å². The van der Waals surface area contributed by atoms with Crippen LogP contribution >= 0.6 is 11.3 Å². The molecule has 2 fully saturated rings. The minimum absolute atomic E-state index is 0.131. The Labute approximate surface area is 197 Å². The number of nitrogens with zero attached hydrogens (tertiary/aromatic N) is 3. The number of ether oxygens (including phenoxy) is 1. The highest BCUT2D eigenvalue weighted by Gasteiger charge is 2.29. The van der Waals surface area contributed by atoms with E-state index >= 15 is 0 Å². The molecule has 2 aliphatic heterocycles. The van der Waals surface area contributed by atoms with E-state index in [4.69, 9.17) is 4.74 Å². The molecule has 1 N–H and O–H groups in total. The first-order valence-electron chi connectivity index (χ1n) is 11.1. The van der Waals surface area contributed by atoms with Crippen LogP contribution in [0.25, 0.3) is 10.2 Å². The molecule has 0 atom stereocenters. The Hall–Kier alpha value is -2.53. The van der Waals surface area contributed by atoms with Crippen molar-refractivity contribution in [3.8, 4) is 0 Å². The van der Waals surface area contributed by atoms with Crippen molar-refractivity contribution in [2.75, 3.05) is 49.6 Å². The number of thiazole rings is 1. The lowest BCUT2D eigenvalue weighted by Crippen LogP contribution is -2.40. The van der Waals surface area contributed by atoms with E-state index < -0.39 is 10.0 Å². The third-order valence-corrected chi connectivity index (χ3v) is 8.85. The third-order valence-electron chi connectivity index (χ3n) is 6.02. The van der Waals surface area contributed by atoms with Gasteiger partial charge in [0.15, 0.2) is 0 Å². The Morgan fingerprint density at radius 1 is 1.06 bits per heavy atom. The van der Waals surface area contributed by atoms with Gasteiger partial charge in [-0.15, -0.1) is 11.3 Å². The van der Waals surface area contributed by atoms with Gasteiger partial charge in [-0.1, -0.05) is 0 Å².